The van der Waals surface area contributed by atoms with E-state index in [4.69, 9.17) is 6.57 Å². The lowest BCUT2D eigenvalue weighted by atomic mass is 9.81. The fourth-order valence-electron chi connectivity index (χ4n) is 4.18. The molecule has 0 aliphatic rings. The van der Waals surface area contributed by atoms with Gasteiger partial charge < -0.3 is 15.5 Å². The molecule has 1 atom stereocenters. The Labute approximate surface area is 219 Å². The number of benzene rings is 3. The molecule has 0 aliphatic heterocycles. The summed E-state index contributed by atoms with van der Waals surface area (Å²) in [6.45, 7) is 14.7. The van der Waals surface area contributed by atoms with Gasteiger partial charge in [0.05, 0.1) is 11.5 Å². The third-order valence-corrected chi connectivity index (χ3v) is 6.65. The minimum absolute atomic E-state index is 0.293. The third kappa shape index (κ3) is 6.05. The van der Waals surface area contributed by atoms with Crippen molar-refractivity contribution in [2.75, 3.05) is 7.05 Å². The lowest BCUT2D eigenvalue weighted by Gasteiger charge is -2.28. The highest BCUT2D eigenvalue weighted by Crippen LogP contribution is 2.32. The maximum absolute atomic E-state index is 13.7. The van der Waals surface area contributed by atoms with Crippen molar-refractivity contribution < 1.29 is 9.59 Å². The minimum Gasteiger partial charge on any atom is -0.357 e. The van der Waals surface area contributed by atoms with Gasteiger partial charge in [-0.25, -0.2) is 6.57 Å². The Morgan fingerprint density at radius 2 is 1.41 bits per heavy atom. The number of nitriles is 1. The molecule has 0 radical (unpaired) electrons. The van der Waals surface area contributed by atoms with Gasteiger partial charge in [-0.15, -0.1) is 0 Å². The average molecular weight is 493 g/mol. The van der Waals surface area contributed by atoms with Gasteiger partial charge in [0.25, 0.3) is 11.4 Å². The summed E-state index contributed by atoms with van der Waals surface area (Å²) >= 11 is 0. The van der Waals surface area contributed by atoms with Crippen molar-refractivity contribution in [3.8, 4) is 6.07 Å². The lowest BCUT2D eigenvalue weighted by Crippen LogP contribution is -2.49. The van der Waals surface area contributed by atoms with Crippen molar-refractivity contribution >= 4 is 11.8 Å². The van der Waals surface area contributed by atoms with E-state index in [1.165, 1.54) is 0 Å². The van der Waals surface area contributed by atoms with Crippen molar-refractivity contribution in [2.45, 2.75) is 50.6 Å². The molecule has 6 heteroatoms. The van der Waals surface area contributed by atoms with Crippen LogP contribution >= 0.6 is 0 Å². The number of hydrogen-bond acceptors (Lipinski definition) is 3. The summed E-state index contributed by atoms with van der Waals surface area (Å²) in [5, 5.41) is 15.4. The zero-order valence-corrected chi connectivity index (χ0v) is 21.9. The van der Waals surface area contributed by atoms with Crippen LogP contribution in [0.1, 0.15) is 66.2 Å². The molecule has 0 bridgehead atoms. The Balaban J connectivity index is 2.13. The Bertz CT molecular complexity index is 1270. The van der Waals surface area contributed by atoms with E-state index < -0.39 is 28.8 Å². The van der Waals surface area contributed by atoms with Gasteiger partial charge in [-0.3, -0.25) is 9.59 Å². The maximum Gasteiger partial charge on any atom is 0.252 e. The summed E-state index contributed by atoms with van der Waals surface area (Å²) in [7, 11) is 1.54. The smallest absolute Gasteiger partial charge is 0.252 e. The zero-order chi connectivity index (χ0) is 27.2. The predicted octanol–water partition coefficient (Wildman–Crippen LogP) is 5.32. The minimum atomic E-state index is -0.910. The van der Waals surface area contributed by atoms with Crippen molar-refractivity contribution in [1.82, 2.24) is 10.6 Å². The molecule has 2 amide bonds. The zero-order valence-electron chi connectivity index (χ0n) is 21.9. The molecule has 0 aromatic heterocycles. The van der Waals surface area contributed by atoms with Crippen molar-refractivity contribution in [3.05, 3.63) is 118 Å². The standard InChI is InChI=1S/C31H32N4O2/c1-30(2,20-32)24-17-23(18-25(19-24)31(3,4)34-6)28(36)35-27(29(37)33-5)26(21-13-9-7-10-14-21)22-15-11-8-12-16-22/h7-19,26-27H,1-5H3,(H,33,37)(H,35,36)/t27-/m0/s1. The SMILES string of the molecule is [C-]#[N+]C(C)(C)c1cc(C(=O)N[C@H](C(=O)NC)C(c2ccccc2)c2ccccc2)cc(C(C)(C)C#N)c1. The molecular weight excluding hydrogens is 460 g/mol. The number of rotatable bonds is 8. The van der Waals surface area contributed by atoms with E-state index >= 15 is 0 Å². The molecule has 0 fully saturated rings. The molecule has 3 aromatic carbocycles. The first kappa shape index (κ1) is 27.2. The second kappa shape index (κ2) is 11.1. The molecule has 37 heavy (non-hydrogen) atoms. The molecule has 3 rings (SSSR count). The Morgan fingerprint density at radius 3 is 1.86 bits per heavy atom. The van der Waals surface area contributed by atoms with Gasteiger partial charge in [-0.05, 0) is 48.7 Å². The number of carbonyl (C=O) groups excluding carboxylic acids is 2. The molecule has 0 saturated heterocycles. The number of likely N-dealkylation sites (N-methyl/N-ethyl adjacent to an activating group) is 1. The van der Waals surface area contributed by atoms with Crippen LogP contribution in [-0.4, -0.2) is 24.9 Å². The fraction of sp³-hybridized carbons (Fsp3) is 0.290. The summed E-state index contributed by atoms with van der Waals surface area (Å²) < 4.78 is 0. The quantitative estimate of drug-likeness (QED) is 0.417. The van der Waals surface area contributed by atoms with Gasteiger partial charge in [0.15, 0.2) is 0 Å². The van der Waals surface area contributed by atoms with Crippen LogP contribution in [0.2, 0.25) is 0 Å². The van der Waals surface area contributed by atoms with E-state index in [9.17, 15) is 14.9 Å². The first-order valence-corrected chi connectivity index (χ1v) is 12.1. The first-order chi connectivity index (χ1) is 17.5. The van der Waals surface area contributed by atoms with E-state index in [-0.39, 0.29) is 5.91 Å². The van der Waals surface area contributed by atoms with Gasteiger partial charge >= 0.3 is 0 Å². The monoisotopic (exact) mass is 492 g/mol. The summed E-state index contributed by atoms with van der Waals surface area (Å²) in [6, 6.07) is 25.7. The van der Waals surface area contributed by atoms with E-state index in [0.29, 0.717) is 16.7 Å². The summed E-state index contributed by atoms with van der Waals surface area (Å²) in [5.41, 5.74) is 1.56. The van der Waals surface area contributed by atoms with E-state index in [1.807, 2.05) is 66.7 Å². The largest absolute Gasteiger partial charge is 0.357 e. The molecule has 2 N–H and O–H groups in total. The highest BCUT2D eigenvalue weighted by Gasteiger charge is 2.34. The van der Waals surface area contributed by atoms with Crippen molar-refractivity contribution in [1.29, 1.82) is 5.26 Å². The van der Waals surface area contributed by atoms with Crippen molar-refractivity contribution in [2.24, 2.45) is 0 Å². The molecule has 0 spiro atoms. The van der Waals surface area contributed by atoms with Gasteiger partial charge in [0.1, 0.15) is 6.04 Å². The van der Waals surface area contributed by atoms with Gasteiger partial charge in [-0.2, -0.15) is 5.26 Å². The first-order valence-electron chi connectivity index (χ1n) is 12.1. The second-order valence-corrected chi connectivity index (χ2v) is 10.1. The van der Waals surface area contributed by atoms with Crippen LogP contribution in [0.4, 0.5) is 0 Å². The number of hydrogen-bond donors (Lipinski definition) is 2. The highest BCUT2D eigenvalue weighted by atomic mass is 16.2. The molecule has 6 nitrogen and oxygen atoms in total. The average Bonchev–Trinajstić information content (AvgIpc) is 2.93. The number of nitrogens with zero attached hydrogens (tertiary/aromatic N) is 2. The van der Waals surface area contributed by atoms with Crippen LogP contribution in [0.15, 0.2) is 78.9 Å². The van der Waals surface area contributed by atoms with Crippen LogP contribution in [0, 0.1) is 17.9 Å². The Hall–Kier alpha value is -4.42. The van der Waals surface area contributed by atoms with Crippen LogP contribution in [-0.2, 0) is 15.7 Å². The molecule has 3 aromatic rings. The normalized spacial score (nSPS) is 12.2. The third-order valence-electron chi connectivity index (χ3n) is 6.65. The predicted molar refractivity (Wildman–Crippen MR) is 145 cm³/mol. The van der Waals surface area contributed by atoms with Gasteiger partial charge in [0.2, 0.25) is 5.91 Å². The molecule has 0 unspecified atom stereocenters. The van der Waals surface area contributed by atoms with Crippen LogP contribution in [0.3, 0.4) is 0 Å². The summed E-state index contributed by atoms with van der Waals surface area (Å²) in [5.74, 6) is -1.23. The Kier molecular flexibility index (Phi) is 8.15. The van der Waals surface area contributed by atoms with E-state index in [2.05, 4.69) is 21.5 Å². The second-order valence-electron chi connectivity index (χ2n) is 10.1. The van der Waals surface area contributed by atoms with E-state index in [0.717, 1.165) is 11.1 Å². The Morgan fingerprint density at radius 1 is 0.892 bits per heavy atom. The fourth-order valence-corrected chi connectivity index (χ4v) is 4.18. The van der Waals surface area contributed by atoms with Gasteiger partial charge in [-0.1, -0.05) is 60.7 Å². The van der Waals surface area contributed by atoms with Crippen LogP contribution < -0.4 is 10.6 Å². The highest BCUT2D eigenvalue weighted by molar-refractivity contribution is 5.98. The summed E-state index contributed by atoms with van der Waals surface area (Å²) in [4.78, 5) is 30.7. The van der Waals surface area contributed by atoms with Crippen LogP contribution in [0.25, 0.3) is 4.85 Å². The molecule has 0 saturated carbocycles. The van der Waals surface area contributed by atoms with Crippen LogP contribution in [0.5, 0.6) is 0 Å². The van der Waals surface area contributed by atoms with Gasteiger partial charge in [0, 0.05) is 37.9 Å². The molecule has 0 aliphatic carbocycles. The van der Waals surface area contributed by atoms with E-state index in [1.54, 1.807) is 46.9 Å². The topological polar surface area (TPSA) is 86.3 Å². The number of nitrogens with one attached hydrogen (secondary N) is 2. The summed E-state index contributed by atoms with van der Waals surface area (Å²) in [6.07, 6.45) is 0. The van der Waals surface area contributed by atoms with Crippen molar-refractivity contribution in [3.63, 3.8) is 0 Å². The molecule has 0 heterocycles. The number of carbonyl (C=O) groups is 2. The maximum atomic E-state index is 13.7. The number of amides is 2. The molecular formula is C31H32N4O2. The lowest BCUT2D eigenvalue weighted by molar-refractivity contribution is -0.122. The molecule has 188 valence electrons.